The molecule has 1 heterocycles. The number of anilines is 1. The molecule has 7 nitrogen and oxygen atoms in total. The maximum atomic E-state index is 13.7. The third-order valence-corrected chi connectivity index (χ3v) is 7.10. The van der Waals surface area contributed by atoms with E-state index in [0.717, 1.165) is 29.7 Å². The highest BCUT2D eigenvalue weighted by atomic mass is 16.5. The Kier molecular flexibility index (Phi) is 8.89. The van der Waals surface area contributed by atoms with Crippen LogP contribution in [0.1, 0.15) is 50.7 Å². The van der Waals surface area contributed by atoms with Crippen LogP contribution in [-0.4, -0.2) is 53.6 Å². The molecule has 34 heavy (non-hydrogen) atoms. The van der Waals surface area contributed by atoms with Gasteiger partial charge in [-0.05, 0) is 57.1 Å². The zero-order valence-corrected chi connectivity index (χ0v) is 20.8. The Morgan fingerprint density at radius 2 is 1.82 bits per heavy atom. The van der Waals surface area contributed by atoms with E-state index in [4.69, 9.17) is 4.74 Å². The Balaban J connectivity index is 1.98. The molecule has 0 spiro atoms. The minimum Gasteiger partial charge on any atom is -0.466 e. The lowest BCUT2D eigenvalue weighted by Crippen LogP contribution is -2.45. The van der Waals surface area contributed by atoms with Gasteiger partial charge in [-0.2, -0.15) is 0 Å². The number of para-hydroxylation sites is 1. The summed E-state index contributed by atoms with van der Waals surface area (Å²) in [7, 11) is 0. The average molecular weight is 471 g/mol. The van der Waals surface area contributed by atoms with Crippen molar-refractivity contribution >= 4 is 23.5 Å². The van der Waals surface area contributed by atoms with Gasteiger partial charge >= 0.3 is 5.97 Å². The maximum Gasteiger partial charge on any atom is 0.310 e. The monoisotopic (exact) mass is 470 g/mol. The number of unbranched alkanes of at least 4 members (excludes halogenated alkanes) is 1. The van der Waals surface area contributed by atoms with Crippen molar-refractivity contribution in [3.8, 4) is 0 Å². The van der Waals surface area contributed by atoms with Gasteiger partial charge in [0.05, 0.1) is 18.4 Å². The lowest BCUT2D eigenvalue weighted by atomic mass is 9.69. The van der Waals surface area contributed by atoms with Gasteiger partial charge in [-0.3, -0.25) is 14.4 Å². The van der Waals surface area contributed by atoms with E-state index in [1.807, 2.05) is 44.2 Å². The molecule has 0 unspecified atom stereocenters. The zero-order chi connectivity index (χ0) is 24.8. The molecule has 1 aliphatic heterocycles. The van der Waals surface area contributed by atoms with E-state index in [1.54, 1.807) is 11.8 Å². The maximum absolute atomic E-state index is 13.7. The molecule has 1 aromatic rings. The fourth-order valence-electron chi connectivity index (χ4n) is 5.51. The van der Waals surface area contributed by atoms with Gasteiger partial charge < -0.3 is 20.1 Å². The molecule has 7 heteroatoms. The Morgan fingerprint density at radius 3 is 2.44 bits per heavy atom. The lowest BCUT2D eigenvalue weighted by Gasteiger charge is -2.33. The van der Waals surface area contributed by atoms with Crippen molar-refractivity contribution in [3.63, 3.8) is 0 Å². The number of carbonyl (C=O) groups excluding carboxylic acids is 3. The number of likely N-dealkylation sites (tertiary alicyclic amines) is 1. The Labute approximate surface area is 202 Å². The van der Waals surface area contributed by atoms with E-state index in [0.29, 0.717) is 19.4 Å². The summed E-state index contributed by atoms with van der Waals surface area (Å²) in [6, 6.07) is 5.11. The minimum absolute atomic E-state index is 0.0259. The molecule has 1 fully saturated rings. The molecular weight excluding hydrogens is 432 g/mol. The molecule has 2 N–H and O–H groups in total. The van der Waals surface area contributed by atoms with Crippen molar-refractivity contribution in [1.29, 1.82) is 0 Å². The van der Waals surface area contributed by atoms with Crippen molar-refractivity contribution in [2.45, 2.75) is 59.4 Å². The predicted octanol–water partition coefficient (Wildman–Crippen LogP) is 3.62. The van der Waals surface area contributed by atoms with E-state index in [9.17, 15) is 19.5 Å². The molecule has 2 amide bonds. The summed E-state index contributed by atoms with van der Waals surface area (Å²) in [5.74, 6) is -2.50. The van der Waals surface area contributed by atoms with Crippen LogP contribution in [0.5, 0.6) is 0 Å². The number of nitrogens with one attached hydrogen (secondary N) is 1. The summed E-state index contributed by atoms with van der Waals surface area (Å²) in [4.78, 5) is 42.1. The number of amides is 2. The summed E-state index contributed by atoms with van der Waals surface area (Å²) in [5, 5.41) is 12.3. The predicted molar refractivity (Wildman–Crippen MR) is 131 cm³/mol. The Morgan fingerprint density at radius 1 is 1.12 bits per heavy atom. The standard InChI is InChI=1S/C27H38N2O5/c1-5-10-19-13-14-20-22(21(19)27(33)34-6-2)26(32)29(15-7-8-16-30)24(20)25(31)28-23-17(3)11-9-12-18(23)4/h9,11-14,19-22,24,30H,5-8,10,15-16H2,1-4H3,(H,28,31)/t19-,20+,21-,22-,24+/m1/s1. The normalized spacial score (nSPS) is 25.9. The van der Waals surface area contributed by atoms with Crippen LogP contribution in [0.25, 0.3) is 0 Å². The average Bonchev–Trinajstić information content (AvgIpc) is 3.08. The van der Waals surface area contributed by atoms with Crippen LogP contribution < -0.4 is 5.32 Å². The van der Waals surface area contributed by atoms with Gasteiger partial charge in [-0.15, -0.1) is 0 Å². The number of esters is 1. The van der Waals surface area contributed by atoms with E-state index < -0.39 is 23.8 Å². The van der Waals surface area contributed by atoms with Crippen molar-refractivity contribution in [3.05, 3.63) is 41.5 Å². The molecule has 2 aliphatic rings. The van der Waals surface area contributed by atoms with E-state index in [-0.39, 0.29) is 36.9 Å². The summed E-state index contributed by atoms with van der Waals surface area (Å²) < 4.78 is 5.39. The second-order valence-electron chi connectivity index (χ2n) is 9.38. The van der Waals surface area contributed by atoms with Gasteiger partial charge in [0, 0.05) is 24.8 Å². The third kappa shape index (κ3) is 5.19. The molecule has 0 saturated carbocycles. The molecule has 5 atom stereocenters. The van der Waals surface area contributed by atoms with Crippen molar-refractivity contribution in [2.75, 3.05) is 25.1 Å². The molecule has 1 aliphatic carbocycles. The summed E-state index contributed by atoms with van der Waals surface area (Å²) in [5.41, 5.74) is 2.66. The first-order chi connectivity index (χ1) is 16.3. The highest BCUT2D eigenvalue weighted by Gasteiger charge is 2.57. The number of rotatable bonds is 10. The highest BCUT2D eigenvalue weighted by molar-refractivity contribution is 6.02. The number of fused-ring (bicyclic) bond motifs is 1. The second kappa shape index (κ2) is 11.6. The van der Waals surface area contributed by atoms with Gasteiger partial charge in [-0.1, -0.05) is 43.7 Å². The van der Waals surface area contributed by atoms with Gasteiger partial charge in [0.2, 0.25) is 11.8 Å². The van der Waals surface area contributed by atoms with Crippen LogP contribution >= 0.6 is 0 Å². The number of ether oxygens (including phenoxy) is 1. The van der Waals surface area contributed by atoms with Gasteiger partial charge in [0.25, 0.3) is 0 Å². The fraction of sp³-hybridized carbons (Fsp3) is 0.593. The Hall–Kier alpha value is -2.67. The van der Waals surface area contributed by atoms with E-state index in [1.165, 1.54) is 0 Å². The minimum atomic E-state index is -0.717. The van der Waals surface area contributed by atoms with Crippen LogP contribution in [0.4, 0.5) is 5.69 Å². The van der Waals surface area contributed by atoms with Crippen molar-refractivity contribution in [1.82, 2.24) is 4.90 Å². The third-order valence-electron chi connectivity index (χ3n) is 7.10. The molecule has 0 aromatic heterocycles. The van der Waals surface area contributed by atoms with Crippen LogP contribution in [0.15, 0.2) is 30.4 Å². The first-order valence-electron chi connectivity index (χ1n) is 12.5. The smallest absolute Gasteiger partial charge is 0.310 e. The van der Waals surface area contributed by atoms with Crippen LogP contribution in [0.2, 0.25) is 0 Å². The number of aliphatic hydroxyl groups excluding tert-OH is 1. The quantitative estimate of drug-likeness (QED) is 0.309. The number of hydrogen-bond donors (Lipinski definition) is 2. The number of allylic oxidation sites excluding steroid dienone is 1. The number of nitrogens with zero attached hydrogens (tertiary/aromatic N) is 1. The first kappa shape index (κ1) is 25.9. The van der Waals surface area contributed by atoms with Crippen LogP contribution in [0, 0.1) is 37.5 Å². The summed E-state index contributed by atoms with van der Waals surface area (Å²) in [6.07, 6.45) is 6.77. The molecular formula is C27H38N2O5. The first-order valence-corrected chi connectivity index (χ1v) is 12.5. The van der Waals surface area contributed by atoms with Crippen molar-refractivity contribution < 1.29 is 24.2 Å². The van der Waals surface area contributed by atoms with Gasteiger partial charge in [-0.25, -0.2) is 0 Å². The topological polar surface area (TPSA) is 95.9 Å². The molecule has 0 radical (unpaired) electrons. The van der Waals surface area contributed by atoms with Gasteiger partial charge in [0.15, 0.2) is 0 Å². The zero-order valence-electron chi connectivity index (χ0n) is 20.8. The molecule has 3 rings (SSSR count). The van der Waals surface area contributed by atoms with E-state index >= 15 is 0 Å². The number of carbonyl (C=O) groups is 3. The summed E-state index contributed by atoms with van der Waals surface area (Å²) in [6.45, 7) is 8.34. The number of aliphatic hydroxyl groups is 1. The Bertz CT molecular complexity index is 907. The van der Waals surface area contributed by atoms with Crippen molar-refractivity contribution in [2.24, 2.45) is 23.7 Å². The lowest BCUT2D eigenvalue weighted by molar-refractivity contribution is -0.155. The SMILES string of the molecule is CCC[C@@H]1C=C[C@H]2[C@@H](C(=O)N(CCCCO)[C@@H]2C(=O)Nc2c(C)cccc2C)[C@@H]1C(=O)OCC. The fourth-order valence-corrected chi connectivity index (χ4v) is 5.51. The largest absolute Gasteiger partial charge is 0.466 e. The van der Waals surface area contributed by atoms with Crippen LogP contribution in [0.3, 0.4) is 0 Å². The van der Waals surface area contributed by atoms with E-state index in [2.05, 4.69) is 12.2 Å². The second-order valence-corrected chi connectivity index (χ2v) is 9.38. The molecule has 1 saturated heterocycles. The molecule has 0 bridgehead atoms. The number of benzene rings is 1. The summed E-state index contributed by atoms with van der Waals surface area (Å²) >= 11 is 0. The molecule has 1 aromatic carbocycles. The molecule has 186 valence electrons. The number of hydrogen-bond acceptors (Lipinski definition) is 5. The van der Waals surface area contributed by atoms with Gasteiger partial charge in [0.1, 0.15) is 6.04 Å². The van der Waals surface area contributed by atoms with Crippen LogP contribution in [-0.2, 0) is 19.1 Å². The highest BCUT2D eigenvalue weighted by Crippen LogP contribution is 2.46. The number of aryl methyl sites for hydroxylation is 2.